The summed E-state index contributed by atoms with van der Waals surface area (Å²) in [6.07, 6.45) is 11.2. The first-order valence-electron chi connectivity index (χ1n) is 7.97. The summed E-state index contributed by atoms with van der Waals surface area (Å²) in [5.74, 6) is 0. The van der Waals surface area contributed by atoms with Crippen LogP contribution in [-0.2, 0) is 17.1 Å². The molecule has 0 amide bonds. The minimum absolute atomic E-state index is 0.282. The summed E-state index contributed by atoms with van der Waals surface area (Å²) >= 11 is 0. The molecule has 0 aliphatic heterocycles. The molecule has 0 fully saturated rings. The second-order valence-electron chi connectivity index (χ2n) is 5.63. The molecule has 21 heavy (non-hydrogen) atoms. The van der Waals surface area contributed by atoms with Crippen molar-refractivity contribution in [2.75, 3.05) is 6.54 Å². The van der Waals surface area contributed by atoms with Crippen LogP contribution >= 0.6 is 0 Å². The summed E-state index contributed by atoms with van der Waals surface area (Å²) in [6, 6.07) is 0. The second kappa shape index (κ2) is 9.20. The van der Waals surface area contributed by atoms with Crippen molar-refractivity contribution in [3.05, 3.63) is 11.9 Å². The molecule has 0 aromatic carbocycles. The number of aryl methyl sites for hydroxylation is 2. The van der Waals surface area contributed by atoms with Gasteiger partial charge in [0, 0.05) is 19.8 Å². The standard InChI is InChI=1S/C15H29N3O2S/c1-4-5-6-7-8-9-10-11-12-16-21(19,20)15-13-18(3)17-14(15)2/h13,16H,4-12H2,1-3H3. The van der Waals surface area contributed by atoms with Crippen molar-refractivity contribution in [3.8, 4) is 0 Å². The lowest BCUT2D eigenvalue weighted by molar-refractivity contribution is 0.558. The number of nitrogens with one attached hydrogen (secondary N) is 1. The first-order valence-corrected chi connectivity index (χ1v) is 9.45. The summed E-state index contributed by atoms with van der Waals surface area (Å²) in [5.41, 5.74) is 0.543. The Balaban J connectivity index is 2.19. The van der Waals surface area contributed by atoms with Gasteiger partial charge in [0.05, 0.1) is 5.69 Å². The van der Waals surface area contributed by atoms with Gasteiger partial charge >= 0.3 is 0 Å². The highest BCUT2D eigenvalue weighted by Crippen LogP contribution is 2.12. The van der Waals surface area contributed by atoms with Crippen molar-refractivity contribution < 1.29 is 8.42 Å². The van der Waals surface area contributed by atoms with Gasteiger partial charge < -0.3 is 0 Å². The molecule has 1 N–H and O–H groups in total. The molecule has 0 aliphatic carbocycles. The van der Waals surface area contributed by atoms with Crippen LogP contribution in [0, 0.1) is 6.92 Å². The minimum atomic E-state index is -3.41. The van der Waals surface area contributed by atoms with Crippen LogP contribution in [0.15, 0.2) is 11.1 Å². The topological polar surface area (TPSA) is 64.0 Å². The molecule has 1 rings (SSSR count). The summed E-state index contributed by atoms with van der Waals surface area (Å²) in [7, 11) is -1.68. The van der Waals surface area contributed by atoms with Gasteiger partial charge in [-0.3, -0.25) is 4.68 Å². The zero-order valence-electron chi connectivity index (χ0n) is 13.6. The number of sulfonamides is 1. The summed E-state index contributed by atoms with van der Waals surface area (Å²) in [4.78, 5) is 0.282. The van der Waals surface area contributed by atoms with E-state index in [1.165, 1.54) is 43.2 Å². The Labute approximate surface area is 129 Å². The Kier molecular flexibility index (Phi) is 7.96. The molecule has 0 spiro atoms. The lowest BCUT2D eigenvalue weighted by Crippen LogP contribution is -2.25. The first kappa shape index (κ1) is 18.2. The monoisotopic (exact) mass is 315 g/mol. The third kappa shape index (κ3) is 6.61. The van der Waals surface area contributed by atoms with Gasteiger partial charge in [-0.25, -0.2) is 13.1 Å². The van der Waals surface area contributed by atoms with E-state index in [9.17, 15) is 8.42 Å². The van der Waals surface area contributed by atoms with Crippen LogP contribution in [0.25, 0.3) is 0 Å². The zero-order valence-corrected chi connectivity index (χ0v) is 14.4. The molecule has 0 radical (unpaired) electrons. The van der Waals surface area contributed by atoms with Gasteiger partial charge in [-0.2, -0.15) is 5.10 Å². The Morgan fingerprint density at radius 1 is 1.10 bits per heavy atom. The Bertz CT molecular complexity index is 509. The Hall–Kier alpha value is -0.880. The maximum atomic E-state index is 12.1. The minimum Gasteiger partial charge on any atom is -0.274 e. The third-order valence-electron chi connectivity index (χ3n) is 3.58. The molecular weight excluding hydrogens is 286 g/mol. The van der Waals surface area contributed by atoms with Crippen molar-refractivity contribution >= 4 is 10.0 Å². The number of aromatic nitrogens is 2. The van der Waals surface area contributed by atoms with Gasteiger partial charge in [0.15, 0.2) is 0 Å². The molecule has 0 bridgehead atoms. The van der Waals surface area contributed by atoms with E-state index >= 15 is 0 Å². The van der Waals surface area contributed by atoms with Crippen molar-refractivity contribution in [1.82, 2.24) is 14.5 Å². The van der Waals surface area contributed by atoms with Gasteiger partial charge in [0.1, 0.15) is 4.90 Å². The fourth-order valence-electron chi connectivity index (χ4n) is 2.38. The molecule has 0 atom stereocenters. The van der Waals surface area contributed by atoms with Crippen molar-refractivity contribution in [2.45, 2.75) is 70.1 Å². The first-order chi connectivity index (χ1) is 9.97. The van der Waals surface area contributed by atoms with E-state index < -0.39 is 10.0 Å². The van der Waals surface area contributed by atoms with E-state index in [0.717, 1.165) is 12.8 Å². The summed E-state index contributed by atoms with van der Waals surface area (Å²) in [6.45, 7) is 4.44. The summed E-state index contributed by atoms with van der Waals surface area (Å²) < 4.78 is 28.4. The smallest absolute Gasteiger partial charge is 0.243 e. The van der Waals surface area contributed by atoms with Crippen LogP contribution in [0.4, 0.5) is 0 Å². The van der Waals surface area contributed by atoms with Crippen LogP contribution in [-0.4, -0.2) is 24.7 Å². The predicted molar refractivity (Wildman–Crippen MR) is 85.7 cm³/mol. The van der Waals surface area contributed by atoms with E-state index in [0.29, 0.717) is 12.2 Å². The van der Waals surface area contributed by atoms with Gasteiger partial charge in [-0.15, -0.1) is 0 Å². The fraction of sp³-hybridized carbons (Fsp3) is 0.800. The van der Waals surface area contributed by atoms with Crippen LogP contribution in [0.5, 0.6) is 0 Å². The molecular formula is C15H29N3O2S. The number of rotatable bonds is 11. The highest BCUT2D eigenvalue weighted by molar-refractivity contribution is 7.89. The molecule has 6 heteroatoms. The van der Waals surface area contributed by atoms with Crippen LogP contribution in [0.3, 0.4) is 0 Å². The zero-order chi connectivity index (χ0) is 15.7. The lowest BCUT2D eigenvalue weighted by Gasteiger charge is -2.05. The maximum Gasteiger partial charge on any atom is 0.243 e. The highest BCUT2D eigenvalue weighted by Gasteiger charge is 2.18. The SMILES string of the molecule is CCCCCCCCCCNS(=O)(=O)c1cn(C)nc1C. The van der Waals surface area contributed by atoms with E-state index in [1.807, 2.05) is 0 Å². The predicted octanol–water partition coefficient (Wildman–Crippen LogP) is 3.15. The Morgan fingerprint density at radius 2 is 1.67 bits per heavy atom. The van der Waals surface area contributed by atoms with Crippen molar-refractivity contribution in [2.24, 2.45) is 7.05 Å². The number of hydrogen-bond acceptors (Lipinski definition) is 3. The van der Waals surface area contributed by atoms with E-state index in [-0.39, 0.29) is 4.90 Å². The second-order valence-corrected chi connectivity index (χ2v) is 7.36. The molecule has 0 saturated carbocycles. The molecule has 0 unspecified atom stereocenters. The molecule has 0 saturated heterocycles. The summed E-state index contributed by atoms with van der Waals surface area (Å²) in [5, 5.41) is 4.07. The van der Waals surface area contributed by atoms with Crippen molar-refractivity contribution in [3.63, 3.8) is 0 Å². The quantitative estimate of drug-likeness (QED) is 0.638. The van der Waals surface area contributed by atoms with E-state index in [1.54, 1.807) is 20.2 Å². The third-order valence-corrected chi connectivity index (χ3v) is 5.14. The van der Waals surface area contributed by atoms with Crippen LogP contribution < -0.4 is 4.72 Å². The lowest BCUT2D eigenvalue weighted by atomic mass is 10.1. The van der Waals surface area contributed by atoms with E-state index in [4.69, 9.17) is 0 Å². The fourth-order valence-corrected chi connectivity index (χ4v) is 3.67. The average Bonchev–Trinajstić information content (AvgIpc) is 2.77. The highest BCUT2D eigenvalue weighted by atomic mass is 32.2. The average molecular weight is 315 g/mol. The van der Waals surface area contributed by atoms with Gasteiger partial charge in [-0.1, -0.05) is 51.9 Å². The Morgan fingerprint density at radius 3 is 2.19 bits per heavy atom. The molecule has 1 heterocycles. The molecule has 5 nitrogen and oxygen atoms in total. The normalized spacial score (nSPS) is 12.0. The number of unbranched alkanes of at least 4 members (excludes halogenated alkanes) is 7. The molecule has 1 aromatic heterocycles. The maximum absolute atomic E-state index is 12.1. The number of hydrogen-bond donors (Lipinski definition) is 1. The molecule has 122 valence electrons. The molecule has 1 aromatic rings. The van der Waals surface area contributed by atoms with Gasteiger partial charge in [0.25, 0.3) is 0 Å². The van der Waals surface area contributed by atoms with Gasteiger partial charge in [-0.05, 0) is 13.3 Å². The molecule has 0 aliphatic rings. The van der Waals surface area contributed by atoms with Crippen molar-refractivity contribution in [1.29, 1.82) is 0 Å². The largest absolute Gasteiger partial charge is 0.274 e. The van der Waals surface area contributed by atoms with Gasteiger partial charge in [0.2, 0.25) is 10.0 Å². The van der Waals surface area contributed by atoms with Crippen LogP contribution in [0.1, 0.15) is 64.0 Å². The van der Waals surface area contributed by atoms with E-state index in [2.05, 4.69) is 16.7 Å². The number of nitrogens with zero attached hydrogens (tertiary/aromatic N) is 2. The van der Waals surface area contributed by atoms with Crippen LogP contribution in [0.2, 0.25) is 0 Å².